The topological polar surface area (TPSA) is 109 Å². The molecule has 0 saturated carbocycles. The van der Waals surface area contributed by atoms with Crippen LogP contribution in [0.15, 0.2) is 47.4 Å². The van der Waals surface area contributed by atoms with Crippen molar-refractivity contribution in [3.8, 4) is 0 Å². The number of fused-ring (bicyclic) bond motifs is 1. The lowest BCUT2D eigenvalue weighted by Gasteiger charge is -2.33. The molecule has 0 radical (unpaired) electrons. The largest absolute Gasteiger partial charge is 0.450 e. The SMILES string of the molecule is CCOC(=O)N1CCN(S(=O)(=O)c2ccc(C(=O)N(CC3CCCO3)c3nc4c(CC)cccc4s3)cc2)CC1. The fourth-order valence-electron chi connectivity index (χ4n) is 5.03. The molecule has 12 heteroatoms. The molecule has 0 bridgehead atoms. The van der Waals surface area contributed by atoms with E-state index < -0.39 is 16.1 Å². The Labute approximate surface area is 238 Å². The number of piperazine rings is 1. The number of aromatic nitrogens is 1. The summed E-state index contributed by atoms with van der Waals surface area (Å²) in [5.74, 6) is -0.250. The number of aryl methyl sites for hydroxylation is 1. The molecule has 2 aliphatic rings. The van der Waals surface area contributed by atoms with Crippen molar-refractivity contribution in [1.82, 2.24) is 14.2 Å². The Morgan fingerprint density at radius 3 is 2.50 bits per heavy atom. The molecule has 1 aromatic heterocycles. The third-order valence-electron chi connectivity index (χ3n) is 7.26. The lowest BCUT2D eigenvalue weighted by atomic mass is 10.1. The molecule has 1 unspecified atom stereocenters. The zero-order valence-electron chi connectivity index (χ0n) is 22.7. The van der Waals surface area contributed by atoms with Crippen LogP contribution < -0.4 is 4.90 Å². The zero-order chi connectivity index (χ0) is 28.3. The van der Waals surface area contributed by atoms with Crippen molar-refractivity contribution < 1.29 is 27.5 Å². The predicted molar refractivity (Wildman–Crippen MR) is 153 cm³/mol. The van der Waals surface area contributed by atoms with Crippen LogP contribution in [0, 0.1) is 0 Å². The van der Waals surface area contributed by atoms with Crippen LogP contribution in [0.3, 0.4) is 0 Å². The van der Waals surface area contributed by atoms with Gasteiger partial charge in [-0.25, -0.2) is 18.2 Å². The van der Waals surface area contributed by atoms with E-state index in [4.69, 9.17) is 14.5 Å². The predicted octanol–water partition coefficient (Wildman–Crippen LogP) is 4.15. The first-order chi connectivity index (χ1) is 19.3. The Morgan fingerprint density at radius 1 is 1.10 bits per heavy atom. The standard InChI is InChI=1S/C28H34N4O6S2/c1-3-20-7-5-9-24-25(20)29-27(39-24)32(19-22-8-6-18-38-22)26(33)21-10-12-23(13-11-21)40(35,36)31-16-14-30(15-17-31)28(34)37-4-2/h5,7,9-13,22H,3-4,6,8,14-19H2,1-2H3. The summed E-state index contributed by atoms with van der Waals surface area (Å²) in [6.45, 7) is 6.01. The van der Waals surface area contributed by atoms with Gasteiger partial charge in [0.25, 0.3) is 5.91 Å². The second kappa shape index (κ2) is 12.2. The van der Waals surface area contributed by atoms with Gasteiger partial charge in [-0.1, -0.05) is 30.4 Å². The van der Waals surface area contributed by atoms with E-state index in [1.54, 1.807) is 24.0 Å². The maximum atomic E-state index is 13.8. The number of hydrogen-bond acceptors (Lipinski definition) is 8. The van der Waals surface area contributed by atoms with Gasteiger partial charge in [0.2, 0.25) is 10.0 Å². The first-order valence-corrected chi connectivity index (χ1v) is 15.9. The maximum absolute atomic E-state index is 13.8. The van der Waals surface area contributed by atoms with E-state index in [2.05, 4.69) is 6.92 Å². The number of benzene rings is 2. The lowest BCUT2D eigenvalue weighted by Crippen LogP contribution is -2.50. The number of hydrogen-bond donors (Lipinski definition) is 0. The minimum absolute atomic E-state index is 0.0745. The van der Waals surface area contributed by atoms with Crippen LogP contribution in [0.2, 0.25) is 0 Å². The first-order valence-electron chi connectivity index (χ1n) is 13.7. The van der Waals surface area contributed by atoms with Crippen molar-refractivity contribution in [2.45, 2.75) is 44.1 Å². The number of carbonyl (C=O) groups excluding carboxylic acids is 2. The van der Waals surface area contributed by atoms with Gasteiger partial charge in [0.1, 0.15) is 0 Å². The van der Waals surface area contributed by atoms with Crippen LogP contribution in [-0.2, 0) is 25.9 Å². The fourth-order valence-corrected chi connectivity index (χ4v) is 7.48. The van der Waals surface area contributed by atoms with Crippen LogP contribution in [0.25, 0.3) is 10.2 Å². The molecule has 10 nitrogen and oxygen atoms in total. The molecule has 2 amide bonds. The van der Waals surface area contributed by atoms with Gasteiger partial charge in [-0.3, -0.25) is 9.69 Å². The van der Waals surface area contributed by atoms with Crippen LogP contribution >= 0.6 is 11.3 Å². The molecule has 2 saturated heterocycles. The molecular weight excluding hydrogens is 552 g/mol. The highest BCUT2D eigenvalue weighted by Gasteiger charge is 2.32. The molecule has 40 heavy (non-hydrogen) atoms. The van der Waals surface area contributed by atoms with Gasteiger partial charge < -0.3 is 14.4 Å². The van der Waals surface area contributed by atoms with E-state index in [0.717, 1.165) is 35.0 Å². The van der Waals surface area contributed by atoms with Gasteiger partial charge in [-0.05, 0) is 62.1 Å². The van der Waals surface area contributed by atoms with Crippen LogP contribution in [0.5, 0.6) is 0 Å². The molecule has 2 aliphatic heterocycles. The van der Waals surface area contributed by atoms with E-state index in [1.165, 1.54) is 32.7 Å². The van der Waals surface area contributed by atoms with Gasteiger partial charge in [0.05, 0.1) is 34.4 Å². The number of rotatable bonds is 8. The maximum Gasteiger partial charge on any atom is 0.409 e. The van der Waals surface area contributed by atoms with Gasteiger partial charge in [0.15, 0.2) is 5.13 Å². The Hall–Kier alpha value is -3.06. The van der Waals surface area contributed by atoms with Crippen LogP contribution in [0.4, 0.5) is 9.93 Å². The Morgan fingerprint density at radius 2 is 1.85 bits per heavy atom. The number of ether oxygens (including phenoxy) is 2. The average molecular weight is 587 g/mol. The molecule has 0 N–H and O–H groups in total. The van der Waals surface area contributed by atoms with E-state index in [9.17, 15) is 18.0 Å². The van der Waals surface area contributed by atoms with Crippen molar-refractivity contribution in [2.24, 2.45) is 0 Å². The average Bonchev–Trinajstić information content (AvgIpc) is 3.65. The minimum Gasteiger partial charge on any atom is -0.450 e. The summed E-state index contributed by atoms with van der Waals surface area (Å²) in [5, 5.41) is 0.604. The van der Waals surface area contributed by atoms with E-state index >= 15 is 0 Å². The van der Waals surface area contributed by atoms with Crippen molar-refractivity contribution in [2.75, 3.05) is 50.8 Å². The highest BCUT2D eigenvalue weighted by atomic mass is 32.2. The quantitative estimate of drug-likeness (QED) is 0.390. The molecular formula is C28H34N4O6S2. The minimum atomic E-state index is -3.78. The second-order valence-corrected chi connectivity index (χ2v) is 12.7. The number of nitrogens with zero attached hydrogens (tertiary/aromatic N) is 4. The summed E-state index contributed by atoms with van der Waals surface area (Å²) in [6.07, 6.45) is 2.15. The highest BCUT2D eigenvalue weighted by molar-refractivity contribution is 7.89. The lowest BCUT2D eigenvalue weighted by molar-refractivity contribution is 0.0916. The van der Waals surface area contributed by atoms with Gasteiger partial charge in [-0.15, -0.1) is 0 Å². The smallest absolute Gasteiger partial charge is 0.409 e. The molecule has 0 spiro atoms. The zero-order valence-corrected chi connectivity index (χ0v) is 24.4. The van der Waals surface area contributed by atoms with E-state index in [0.29, 0.717) is 23.8 Å². The van der Waals surface area contributed by atoms with Crippen molar-refractivity contribution in [3.05, 3.63) is 53.6 Å². The molecule has 2 aromatic carbocycles. The Kier molecular flexibility index (Phi) is 8.69. The summed E-state index contributed by atoms with van der Waals surface area (Å²) in [6, 6.07) is 12.1. The normalized spacial score (nSPS) is 18.2. The van der Waals surface area contributed by atoms with Gasteiger partial charge in [-0.2, -0.15) is 4.31 Å². The number of carbonyl (C=O) groups is 2. The number of thiazole rings is 1. The molecule has 3 aromatic rings. The monoisotopic (exact) mass is 586 g/mol. The first kappa shape index (κ1) is 28.5. The molecule has 1 atom stereocenters. The van der Waals surface area contributed by atoms with Crippen molar-refractivity contribution in [1.29, 1.82) is 0 Å². The third-order valence-corrected chi connectivity index (χ3v) is 10.2. The van der Waals surface area contributed by atoms with E-state index in [1.807, 2.05) is 18.2 Å². The Balaban J connectivity index is 1.35. The van der Waals surface area contributed by atoms with Crippen LogP contribution in [0.1, 0.15) is 42.6 Å². The Bertz CT molecular complexity index is 1460. The highest BCUT2D eigenvalue weighted by Crippen LogP contribution is 2.33. The molecule has 2 fully saturated rings. The van der Waals surface area contributed by atoms with E-state index in [-0.39, 0.29) is 49.7 Å². The summed E-state index contributed by atoms with van der Waals surface area (Å²) in [7, 11) is -3.78. The van der Waals surface area contributed by atoms with Crippen LogP contribution in [-0.4, -0.2) is 86.6 Å². The summed E-state index contributed by atoms with van der Waals surface area (Å²) in [5.41, 5.74) is 2.40. The number of para-hydroxylation sites is 1. The fraction of sp³-hybridized carbons (Fsp3) is 0.464. The number of anilines is 1. The number of sulfonamides is 1. The molecule has 214 valence electrons. The molecule has 0 aliphatic carbocycles. The summed E-state index contributed by atoms with van der Waals surface area (Å²) >= 11 is 1.47. The molecule has 5 rings (SSSR count). The summed E-state index contributed by atoms with van der Waals surface area (Å²) in [4.78, 5) is 33.9. The number of amides is 2. The summed E-state index contributed by atoms with van der Waals surface area (Å²) < 4.78 is 39.8. The van der Waals surface area contributed by atoms with Gasteiger partial charge >= 0.3 is 6.09 Å². The molecule has 3 heterocycles. The van der Waals surface area contributed by atoms with Gasteiger partial charge in [0, 0.05) is 38.3 Å². The second-order valence-electron chi connectivity index (χ2n) is 9.78. The van der Waals surface area contributed by atoms with Crippen molar-refractivity contribution in [3.63, 3.8) is 0 Å². The third kappa shape index (κ3) is 5.85. The van der Waals surface area contributed by atoms with Crippen molar-refractivity contribution >= 4 is 48.7 Å².